The number of thiazole rings is 1. The van der Waals surface area contributed by atoms with Gasteiger partial charge in [0.15, 0.2) is 5.69 Å². The molecule has 1 heterocycles. The van der Waals surface area contributed by atoms with Gasteiger partial charge in [-0.3, -0.25) is 4.79 Å². The number of carbonyl (C=O) groups is 2. The van der Waals surface area contributed by atoms with Crippen LogP contribution in [0.2, 0.25) is 0 Å². The van der Waals surface area contributed by atoms with Crippen LogP contribution in [-0.2, 0) is 22.5 Å². The van der Waals surface area contributed by atoms with Gasteiger partial charge in [-0.1, -0.05) is 29.8 Å². The molecule has 0 unspecified atom stereocenters. The number of nitrogens with zero attached hydrogens (tertiary/aromatic N) is 1. The molecule has 122 valence electrons. The number of esters is 1. The third kappa shape index (κ3) is 5.49. The molecule has 0 radical (unpaired) electrons. The minimum atomic E-state index is -0.430. The Morgan fingerprint density at radius 1 is 1.35 bits per heavy atom. The summed E-state index contributed by atoms with van der Waals surface area (Å²) < 4.78 is 4.88. The standard InChI is InChI=1S/C17H20N2O3S/c1-3-22-17(21)14-11-23-16(19-14)10-18-15(20)8-7-13-6-4-5-12(2)9-13/h4-6,9,11H,3,7-8,10H2,1-2H3,(H,18,20). The van der Waals surface area contributed by atoms with Crippen LogP contribution in [0.25, 0.3) is 0 Å². The number of ether oxygens (including phenoxy) is 1. The number of aromatic nitrogens is 1. The molecular weight excluding hydrogens is 312 g/mol. The molecule has 0 atom stereocenters. The molecule has 0 saturated heterocycles. The smallest absolute Gasteiger partial charge is 0.357 e. The van der Waals surface area contributed by atoms with Crippen molar-refractivity contribution in [3.05, 3.63) is 51.5 Å². The Hall–Kier alpha value is -2.21. The number of hydrogen-bond donors (Lipinski definition) is 1. The fourth-order valence-electron chi connectivity index (χ4n) is 2.08. The summed E-state index contributed by atoms with van der Waals surface area (Å²) in [5, 5.41) is 5.16. The molecule has 0 bridgehead atoms. The van der Waals surface area contributed by atoms with Gasteiger partial charge in [0.05, 0.1) is 13.2 Å². The van der Waals surface area contributed by atoms with Crippen LogP contribution in [0.3, 0.4) is 0 Å². The van der Waals surface area contributed by atoms with Crippen LogP contribution in [0.5, 0.6) is 0 Å². The molecule has 1 aromatic carbocycles. The minimum absolute atomic E-state index is 0.0283. The van der Waals surface area contributed by atoms with Crippen LogP contribution < -0.4 is 5.32 Å². The van der Waals surface area contributed by atoms with E-state index >= 15 is 0 Å². The van der Waals surface area contributed by atoms with E-state index in [1.165, 1.54) is 16.9 Å². The Balaban J connectivity index is 1.77. The summed E-state index contributed by atoms with van der Waals surface area (Å²) in [6, 6.07) is 8.13. The molecule has 5 nitrogen and oxygen atoms in total. The first kappa shape index (κ1) is 17.1. The lowest BCUT2D eigenvalue weighted by molar-refractivity contribution is -0.121. The topological polar surface area (TPSA) is 68.3 Å². The number of carbonyl (C=O) groups excluding carboxylic acids is 2. The van der Waals surface area contributed by atoms with Gasteiger partial charge in [0, 0.05) is 11.8 Å². The maximum absolute atomic E-state index is 11.9. The minimum Gasteiger partial charge on any atom is -0.461 e. The highest BCUT2D eigenvalue weighted by Gasteiger charge is 2.12. The largest absolute Gasteiger partial charge is 0.461 e. The average molecular weight is 332 g/mol. The molecule has 0 aliphatic carbocycles. The monoisotopic (exact) mass is 332 g/mol. The fraction of sp³-hybridized carbons (Fsp3) is 0.353. The highest BCUT2D eigenvalue weighted by atomic mass is 32.1. The van der Waals surface area contributed by atoms with E-state index in [2.05, 4.69) is 16.4 Å². The van der Waals surface area contributed by atoms with E-state index in [4.69, 9.17) is 4.74 Å². The quantitative estimate of drug-likeness (QED) is 0.792. The first-order valence-electron chi connectivity index (χ1n) is 7.52. The lowest BCUT2D eigenvalue weighted by Gasteiger charge is -2.04. The van der Waals surface area contributed by atoms with Crippen LogP contribution in [0.1, 0.15) is 40.0 Å². The van der Waals surface area contributed by atoms with Gasteiger partial charge in [-0.05, 0) is 25.8 Å². The Bertz CT molecular complexity index is 682. The molecule has 1 aromatic heterocycles. The summed E-state index contributed by atoms with van der Waals surface area (Å²) in [6.45, 7) is 4.44. The van der Waals surface area contributed by atoms with Crippen LogP contribution in [-0.4, -0.2) is 23.5 Å². The number of rotatable bonds is 7. The van der Waals surface area contributed by atoms with Gasteiger partial charge in [-0.25, -0.2) is 9.78 Å². The maximum Gasteiger partial charge on any atom is 0.357 e. The van der Waals surface area contributed by atoms with E-state index < -0.39 is 5.97 Å². The third-order valence-corrected chi connectivity index (χ3v) is 4.05. The Morgan fingerprint density at radius 2 is 2.17 bits per heavy atom. The van der Waals surface area contributed by atoms with E-state index in [1.807, 2.05) is 25.1 Å². The van der Waals surface area contributed by atoms with Crippen molar-refractivity contribution in [3.63, 3.8) is 0 Å². The van der Waals surface area contributed by atoms with E-state index in [9.17, 15) is 9.59 Å². The average Bonchev–Trinajstić information content (AvgIpc) is 3.00. The lowest BCUT2D eigenvalue weighted by atomic mass is 10.1. The van der Waals surface area contributed by atoms with Crippen molar-refractivity contribution in [3.8, 4) is 0 Å². The maximum atomic E-state index is 11.9. The Labute approximate surface area is 139 Å². The van der Waals surface area contributed by atoms with E-state index in [1.54, 1.807) is 12.3 Å². The third-order valence-electron chi connectivity index (χ3n) is 3.20. The molecule has 0 spiro atoms. The first-order valence-corrected chi connectivity index (χ1v) is 8.40. The first-order chi connectivity index (χ1) is 11.1. The van der Waals surface area contributed by atoms with Gasteiger partial charge in [-0.15, -0.1) is 11.3 Å². The van der Waals surface area contributed by atoms with Crippen LogP contribution in [0.15, 0.2) is 29.6 Å². The van der Waals surface area contributed by atoms with Crippen molar-refractivity contribution in [2.45, 2.75) is 33.2 Å². The summed E-state index contributed by atoms with van der Waals surface area (Å²) in [7, 11) is 0. The van der Waals surface area contributed by atoms with Crippen LogP contribution in [0.4, 0.5) is 0 Å². The van der Waals surface area contributed by atoms with Gasteiger partial charge >= 0.3 is 5.97 Å². The predicted molar refractivity (Wildman–Crippen MR) is 89.4 cm³/mol. The zero-order valence-corrected chi connectivity index (χ0v) is 14.1. The van der Waals surface area contributed by atoms with Crippen molar-refractivity contribution >= 4 is 23.2 Å². The van der Waals surface area contributed by atoms with Crippen LogP contribution >= 0.6 is 11.3 Å². The summed E-state index contributed by atoms with van der Waals surface area (Å²) in [4.78, 5) is 27.6. The lowest BCUT2D eigenvalue weighted by Crippen LogP contribution is -2.23. The molecule has 1 amide bonds. The summed E-state index contributed by atoms with van der Waals surface area (Å²) >= 11 is 1.34. The second-order valence-corrected chi connectivity index (χ2v) is 6.06. The molecule has 1 N–H and O–H groups in total. The summed E-state index contributed by atoms with van der Waals surface area (Å²) in [5.74, 6) is -0.458. The zero-order valence-electron chi connectivity index (χ0n) is 13.3. The van der Waals surface area contributed by atoms with Gasteiger partial charge in [0.25, 0.3) is 0 Å². The molecule has 0 fully saturated rings. The number of nitrogens with one attached hydrogen (secondary N) is 1. The summed E-state index contributed by atoms with van der Waals surface area (Å²) in [6.07, 6.45) is 1.14. The number of amides is 1. The number of hydrogen-bond acceptors (Lipinski definition) is 5. The molecule has 2 rings (SSSR count). The summed E-state index contributed by atoms with van der Waals surface area (Å²) in [5.41, 5.74) is 2.64. The van der Waals surface area contributed by atoms with Gasteiger partial charge in [-0.2, -0.15) is 0 Å². The van der Waals surface area contributed by atoms with Crippen LogP contribution in [0, 0.1) is 6.92 Å². The van der Waals surface area contributed by atoms with Crippen molar-refractivity contribution < 1.29 is 14.3 Å². The fourth-order valence-corrected chi connectivity index (χ4v) is 2.78. The molecule has 23 heavy (non-hydrogen) atoms. The second kappa shape index (κ2) is 8.43. The van der Waals surface area contributed by atoms with Gasteiger partial charge in [0.2, 0.25) is 5.91 Å². The van der Waals surface area contributed by atoms with Crippen molar-refractivity contribution in [1.29, 1.82) is 0 Å². The molecule has 0 aliphatic heterocycles. The van der Waals surface area contributed by atoms with E-state index in [0.29, 0.717) is 36.7 Å². The van der Waals surface area contributed by atoms with Crippen molar-refractivity contribution in [2.24, 2.45) is 0 Å². The molecular formula is C17H20N2O3S. The van der Waals surface area contributed by atoms with Crippen molar-refractivity contribution in [2.75, 3.05) is 6.61 Å². The molecule has 0 saturated carbocycles. The normalized spacial score (nSPS) is 10.3. The molecule has 2 aromatic rings. The zero-order chi connectivity index (χ0) is 16.7. The van der Waals surface area contributed by atoms with E-state index in [-0.39, 0.29) is 5.91 Å². The highest BCUT2D eigenvalue weighted by molar-refractivity contribution is 7.09. The second-order valence-electron chi connectivity index (χ2n) is 5.11. The SMILES string of the molecule is CCOC(=O)c1csc(CNC(=O)CCc2cccc(C)c2)n1. The van der Waals surface area contributed by atoms with Gasteiger partial charge in [0.1, 0.15) is 5.01 Å². The molecule has 0 aliphatic rings. The predicted octanol–water partition coefficient (Wildman–Crippen LogP) is 2.88. The van der Waals surface area contributed by atoms with Crippen molar-refractivity contribution in [1.82, 2.24) is 10.3 Å². The van der Waals surface area contributed by atoms with Gasteiger partial charge < -0.3 is 10.1 Å². The Kier molecular flexibility index (Phi) is 6.29. The van der Waals surface area contributed by atoms with E-state index in [0.717, 1.165) is 5.56 Å². The molecule has 6 heteroatoms. The number of benzene rings is 1. The number of aryl methyl sites for hydroxylation is 2. The Morgan fingerprint density at radius 3 is 2.91 bits per heavy atom. The highest BCUT2D eigenvalue weighted by Crippen LogP contribution is 2.11.